The van der Waals surface area contributed by atoms with Crippen molar-refractivity contribution in [3.63, 3.8) is 0 Å². The number of carbonyl (C=O) groups is 2. The third kappa shape index (κ3) is 4.01. The number of esters is 1. The predicted octanol–water partition coefficient (Wildman–Crippen LogP) is 2.62. The highest BCUT2D eigenvalue weighted by atomic mass is 16.5. The molecule has 1 aromatic heterocycles. The lowest BCUT2D eigenvalue weighted by atomic mass is 10.1. The Bertz CT molecular complexity index is 758. The molecule has 0 aliphatic carbocycles. The van der Waals surface area contributed by atoms with Gasteiger partial charge in [0.25, 0.3) is 5.91 Å². The Balaban J connectivity index is 2.20. The summed E-state index contributed by atoms with van der Waals surface area (Å²) in [5.74, 6) is -0.163. The van der Waals surface area contributed by atoms with Gasteiger partial charge in [0.15, 0.2) is 6.10 Å². The van der Waals surface area contributed by atoms with Crippen LogP contribution in [0.1, 0.15) is 36.3 Å². The zero-order chi connectivity index (χ0) is 17.7. The minimum atomic E-state index is -0.852. The van der Waals surface area contributed by atoms with Gasteiger partial charge in [0, 0.05) is 18.0 Å². The molecule has 128 valence electrons. The van der Waals surface area contributed by atoms with Gasteiger partial charge in [-0.1, -0.05) is 6.92 Å². The second kappa shape index (κ2) is 7.77. The van der Waals surface area contributed by atoms with Gasteiger partial charge in [-0.25, -0.2) is 4.79 Å². The third-order valence-corrected chi connectivity index (χ3v) is 3.64. The van der Waals surface area contributed by atoms with Crippen LogP contribution >= 0.6 is 0 Å². The first-order valence-electron chi connectivity index (χ1n) is 7.90. The molecule has 6 nitrogen and oxygen atoms in total. The molecule has 0 spiro atoms. The van der Waals surface area contributed by atoms with Gasteiger partial charge in [0.05, 0.1) is 23.9 Å². The Morgan fingerprint density at radius 3 is 2.71 bits per heavy atom. The Kier molecular flexibility index (Phi) is 5.73. The zero-order valence-corrected chi connectivity index (χ0v) is 14.4. The van der Waals surface area contributed by atoms with E-state index in [1.165, 1.54) is 0 Å². The first-order valence-corrected chi connectivity index (χ1v) is 7.90. The lowest BCUT2D eigenvalue weighted by Gasteiger charge is -2.14. The fourth-order valence-corrected chi connectivity index (χ4v) is 2.25. The van der Waals surface area contributed by atoms with Crippen LogP contribution in [0.25, 0.3) is 10.9 Å². The molecule has 6 heteroatoms. The molecule has 0 unspecified atom stereocenters. The summed E-state index contributed by atoms with van der Waals surface area (Å²) in [6.45, 7) is 5.80. The van der Waals surface area contributed by atoms with Gasteiger partial charge in [-0.3, -0.25) is 9.78 Å². The van der Waals surface area contributed by atoms with Crippen LogP contribution in [-0.2, 0) is 9.53 Å². The van der Waals surface area contributed by atoms with Gasteiger partial charge < -0.3 is 14.8 Å². The van der Waals surface area contributed by atoms with Gasteiger partial charge in [-0.2, -0.15) is 0 Å². The Morgan fingerprint density at radius 1 is 1.29 bits per heavy atom. The van der Waals surface area contributed by atoms with Crippen LogP contribution in [0, 0.1) is 6.92 Å². The first-order chi connectivity index (χ1) is 11.5. The third-order valence-electron chi connectivity index (χ3n) is 3.64. The van der Waals surface area contributed by atoms with E-state index < -0.39 is 12.1 Å². The Hall–Kier alpha value is -2.63. The van der Waals surface area contributed by atoms with Crippen LogP contribution in [0.4, 0.5) is 0 Å². The summed E-state index contributed by atoms with van der Waals surface area (Å²) in [5, 5.41) is 3.50. The summed E-state index contributed by atoms with van der Waals surface area (Å²) in [5.41, 5.74) is 1.63. The van der Waals surface area contributed by atoms with Crippen molar-refractivity contribution in [2.24, 2.45) is 0 Å². The number of carbonyl (C=O) groups excluding carboxylic acids is 2. The van der Waals surface area contributed by atoms with E-state index in [1.807, 2.05) is 13.0 Å². The van der Waals surface area contributed by atoms with Gasteiger partial charge in [0.2, 0.25) is 0 Å². The van der Waals surface area contributed by atoms with E-state index in [0.29, 0.717) is 23.6 Å². The number of hydrogen-bond acceptors (Lipinski definition) is 5. The molecule has 0 saturated carbocycles. The van der Waals surface area contributed by atoms with Crippen molar-refractivity contribution in [2.75, 3.05) is 13.7 Å². The fraction of sp³-hybridized carbons (Fsp3) is 0.389. The number of aromatic nitrogens is 1. The van der Waals surface area contributed by atoms with Crippen LogP contribution < -0.4 is 10.1 Å². The Labute approximate surface area is 141 Å². The van der Waals surface area contributed by atoms with E-state index in [-0.39, 0.29) is 5.91 Å². The molecule has 1 N–H and O–H groups in total. The fourth-order valence-electron chi connectivity index (χ4n) is 2.25. The van der Waals surface area contributed by atoms with Crippen molar-refractivity contribution in [2.45, 2.75) is 33.3 Å². The van der Waals surface area contributed by atoms with Gasteiger partial charge in [-0.15, -0.1) is 0 Å². The lowest BCUT2D eigenvalue weighted by Crippen LogP contribution is -2.36. The molecule has 24 heavy (non-hydrogen) atoms. The van der Waals surface area contributed by atoms with Crippen molar-refractivity contribution in [3.8, 4) is 5.75 Å². The van der Waals surface area contributed by atoms with E-state index in [4.69, 9.17) is 9.47 Å². The SMILES string of the molecule is CCCNC(=O)[C@H](C)OC(=O)c1cc2ccc(OC)cc2nc1C. The molecule has 0 radical (unpaired) electrons. The second-order valence-corrected chi connectivity index (χ2v) is 5.52. The maximum atomic E-state index is 12.4. The minimum absolute atomic E-state index is 0.304. The number of fused-ring (bicyclic) bond motifs is 1. The van der Waals surface area contributed by atoms with E-state index in [0.717, 1.165) is 17.3 Å². The summed E-state index contributed by atoms with van der Waals surface area (Å²) >= 11 is 0. The van der Waals surface area contributed by atoms with Crippen molar-refractivity contribution in [3.05, 3.63) is 35.5 Å². The summed E-state index contributed by atoms with van der Waals surface area (Å²) in [6, 6.07) is 7.15. The normalized spacial score (nSPS) is 11.8. The summed E-state index contributed by atoms with van der Waals surface area (Å²) in [7, 11) is 1.59. The molecule has 1 atom stereocenters. The highest BCUT2D eigenvalue weighted by Crippen LogP contribution is 2.22. The number of aryl methyl sites for hydroxylation is 1. The number of benzene rings is 1. The average molecular weight is 330 g/mol. The number of nitrogens with zero attached hydrogens (tertiary/aromatic N) is 1. The molecule has 1 amide bonds. The molecule has 1 heterocycles. The van der Waals surface area contributed by atoms with E-state index >= 15 is 0 Å². The molecule has 2 aromatic rings. The van der Waals surface area contributed by atoms with Gasteiger partial charge in [0.1, 0.15) is 5.75 Å². The molecule has 0 aliphatic heterocycles. The molecular formula is C18H22N2O4. The second-order valence-electron chi connectivity index (χ2n) is 5.52. The van der Waals surface area contributed by atoms with E-state index in [9.17, 15) is 9.59 Å². The number of pyridine rings is 1. The lowest BCUT2D eigenvalue weighted by molar-refractivity contribution is -0.129. The number of rotatable bonds is 6. The maximum Gasteiger partial charge on any atom is 0.340 e. The van der Waals surface area contributed by atoms with Gasteiger partial charge in [-0.05, 0) is 38.5 Å². The smallest absolute Gasteiger partial charge is 0.340 e. The number of methoxy groups -OCH3 is 1. The van der Waals surface area contributed by atoms with Crippen molar-refractivity contribution >= 4 is 22.8 Å². The van der Waals surface area contributed by atoms with Crippen LogP contribution in [0.2, 0.25) is 0 Å². The van der Waals surface area contributed by atoms with Crippen LogP contribution in [0.15, 0.2) is 24.3 Å². The highest BCUT2D eigenvalue weighted by Gasteiger charge is 2.20. The molecule has 0 fully saturated rings. The summed E-state index contributed by atoms with van der Waals surface area (Å²) < 4.78 is 10.4. The zero-order valence-electron chi connectivity index (χ0n) is 14.4. The largest absolute Gasteiger partial charge is 0.497 e. The summed E-state index contributed by atoms with van der Waals surface area (Å²) in [6.07, 6.45) is -0.0289. The Morgan fingerprint density at radius 2 is 2.04 bits per heavy atom. The van der Waals surface area contributed by atoms with E-state index in [1.54, 1.807) is 39.2 Å². The van der Waals surface area contributed by atoms with Crippen molar-refractivity contribution < 1.29 is 19.1 Å². The number of ether oxygens (including phenoxy) is 2. The first kappa shape index (κ1) is 17.7. The number of hydrogen-bond donors (Lipinski definition) is 1. The maximum absolute atomic E-state index is 12.4. The minimum Gasteiger partial charge on any atom is -0.497 e. The monoisotopic (exact) mass is 330 g/mol. The summed E-state index contributed by atoms with van der Waals surface area (Å²) in [4.78, 5) is 28.6. The standard InChI is InChI=1S/C18H22N2O4/c1-5-8-19-17(21)12(3)24-18(22)15-9-13-6-7-14(23-4)10-16(13)20-11(15)2/h6-7,9-10,12H,5,8H2,1-4H3,(H,19,21)/t12-/m0/s1. The van der Waals surface area contributed by atoms with Gasteiger partial charge >= 0.3 is 5.97 Å². The topological polar surface area (TPSA) is 77.5 Å². The molecule has 1 aromatic carbocycles. The van der Waals surface area contributed by atoms with E-state index in [2.05, 4.69) is 10.3 Å². The average Bonchev–Trinajstić information content (AvgIpc) is 2.58. The van der Waals surface area contributed by atoms with Crippen LogP contribution in [0.5, 0.6) is 5.75 Å². The van der Waals surface area contributed by atoms with Crippen LogP contribution in [0.3, 0.4) is 0 Å². The number of amides is 1. The van der Waals surface area contributed by atoms with Crippen molar-refractivity contribution in [1.82, 2.24) is 10.3 Å². The van der Waals surface area contributed by atoms with Crippen molar-refractivity contribution in [1.29, 1.82) is 0 Å². The predicted molar refractivity (Wildman–Crippen MR) is 91.2 cm³/mol. The molecule has 0 aliphatic rings. The quantitative estimate of drug-likeness (QED) is 0.824. The molecule has 0 bridgehead atoms. The number of nitrogens with one attached hydrogen (secondary N) is 1. The van der Waals surface area contributed by atoms with Crippen LogP contribution in [-0.4, -0.2) is 36.6 Å². The molecule has 0 saturated heterocycles. The molecular weight excluding hydrogens is 308 g/mol. The molecule has 2 rings (SSSR count). The highest BCUT2D eigenvalue weighted by molar-refractivity contribution is 5.96.